The van der Waals surface area contributed by atoms with Gasteiger partial charge in [-0.2, -0.15) is 10.2 Å². The number of rotatable bonds is 3. The summed E-state index contributed by atoms with van der Waals surface area (Å²) < 4.78 is 0.747. The third-order valence-corrected chi connectivity index (χ3v) is 3.80. The summed E-state index contributed by atoms with van der Waals surface area (Å²) >= 11 is 3.27. The number of aromatic hydroxyl groups is 1. The smallest absolute Gasteiger partial charge is 0.872 e. The predicted octanol–water partition coefficient (Wildman–Crippen LogP) is 2.84. The maximum atomic E-state index is 11.8. The zero-order valence-corrected chi connectivity index (χ0v) is 17.2. The summed E-state index contributed by atoms with van der Waals surface area (Å²) in [6.07, 6.45) is 3.50. The van der Waals surface area contributed by atoms with Crippen LogP contribution < -0.4 is 10.2 Å². The molecule has 1 heterocycles. The second-order valence-electron chi connectivity index (χ2n) is 5.30. The van der Waals surface area contributed by atoms with E-state index in [-0.39, 0.29) is 28.6 Å². The summed E-state index contributed by atoms with van der Waals surface area (Å²) in [6, 6.07) is 16.1. The van der Waals surface area contributed by atoms with E-state index in [4.69, 9.17) is 5.11 Å². The first kappa shape index (κ1) is 23.4. The minimum atomic E-state index is -0.545. The fourth-order valence-corrected chi connectivity index (χ4v) is 2.29. The quantitative estimate of drug-likeness (QED) is 0.264. The molecule has 8 heteroatoms. The van der Waals surface area contributed by atoms with Crippen LogP contribution in [0, 0.1) is 0 Å². The van der Waals surface area contributed by atoms with Crippen molar-refractivity contribution >= 4 is 27.5 Å². The summed E-state index contributed by atoms with van der Waals surface area (Å²) in [7, 11) is 0. The van der Waals surface area contributed by atoms with Crippen molar-refractivity contribution in [2.75, 3.05) is 0 Å². The standard InChI is InChI=1S/C15H13BrN2O3.C5H5N.Cu/c1-9(13-8-11(16)4-7-14(13)20)17-18-15(21)10-2-5-12(19)6-3-10;1-2-4-6-5-3-1;/h2-8,19-20H,1H3,(H,18,21);1-5H;/q;;+2/p-2/b17-9+;;. The summed E-state index contributed by atoms with van der Waals surface area (Å²) in [6.45, 7) is 1.61. The average molecular weight is 490 g/mol. The molecule has 0 bridgehead atoms. The number of halogens is 1. The van der Waals surface area contributed by atoms with E-state index in [1.54, 1.807) is 31.5 Å². The summed E-state index contributed by atoms with van der Waals surface area (Å²) in [5, 5.41) is 40.1. The molecule has 0 aliphatic carbocycles. The van der Waals surface area contributed by atoms with E-state index in [1.807, 2.05) is 18.2 Å². The van der Waals surface area contributed by atoms with Crippen molar-refractivity contribution in [1.82, 2.24) is 4.98 Å². The second-order valence-corrected chi connectivity index (χ2v) is 6.22. The van der Waals surface area contributed by atoms with Crippen LogP contribution in [-0.4, -0.2) is 21.7 Å². The maximum Gasteiger partial charge on any atom is 2.00 e. The van der Waals surface area contributed by atoms with E-state index in [0.717, 1.165) is 4.47 Å². The molecule has 0 aliphatic rings. The number of benzene rings is 2. The Balaban J connectivity index is 0.000000478. The van der Waals surface area contributed by atoms with Crippen molar-refractivity contribution in [2.45, 2.75) is 6.92 Å². The van der Waals surface area contributed by atoms with E-state index in [0.29, 0.717) is 16.8 Å². The molecule has 2 aromatic carbocycles. The molecule has 0 amide bonds. The van der Waals surface area contributed by atoms with Crippen molar-refractivity contribution < 1.29 is 32.4 Å². The van der Waals surface area contributed by atoms with Gasteiger partial charge in [0.05, 0.1) is 5.71 Å². The predicted molar refractivity (Wildman–Crippen MR) is 105 cm³/mol. The Bertz CT molecular complexity index is 906. The SMILES string of the molecule is C/C(=N\N=C(/[O-])c1ccc(O)cc1)c1cc(Br)ccc1[O-].[Cu+2].c1ccncc1. The van der Waals surface area contributed by atoms with E-state index >= 15 is 0 Å². The Morgan fingerprint density at radius 2 is 1.64 bits per heavy atom. The van der Waals surface area contributed by atoms with Crippen molar-refractivity contribution in [3.8, 4) is 11.5 Å². The molecular formula is C20H16BrCuN3O3. The number of phenolic OH excluding ortho intramolecular Hbond substituents is 1. The Labute approximate surface area is 181 Å². The minimum Gasteiger partial charge on any atom is -0.872 e. The largest absolute Gasteiger partial charge is 2.00 e. The van der Waals surface area contributed by atoms with Crippen LogP contribution in [0.15, 0.2) is 87.7 Å². The number of hydrogen-bond acceptors (Lipinski definition) is 6. The van der Waals surface area contributed by atoms with Gasteiger partial charge in [-0.3, -0.25) is 4.98 Å². The summed E-state index contributed by atoms with van der Waals surface area (Å²) in [4.78, 5) is 3.78. The van der Waals surface area contributed by atoms with Gasteiger partial charge < -0.3 is 15.3 Å². The molecule has 3 aromatic rings. The number of hydrogen-bond donors (Lipinski definition) is 1. The van der Waals surface area contributed by atoms with Crippen LogP contribution >= 0.6 is 15.9 Å². The minimum absolute atomic E-state index is 0. The molecule has 0 saturated carbocycles. The van der Waals surface area contributed by atoms with Gasteiger partial charge in [-0.15, -0.1) is 0 Å². The third-order valence-electron chi connectivity index (χ3n) is 3.30. The van der Waals surface area contributed by atoms with Gasteiger partial charge >= 0.3 is 17.1 Å². The Morgan fingerprint density at radius 1 is 1.00 bits per heavy atom. The molecule has 147 valence electrons. The Kier molecular flexibility index (Phi) is 9.95. The first-order chi connectivity index (χ1) is 13.0. The van der Waals surface area contributed by atoms with Gasteiger partial charge in [0, 0.05) is 22.8 Å². The van der Waals surface area contributed by atoms with Crippen molar-refractivity contribution in [3.63, 3.8) is 0 Å². The van der Waals surface area contributed by atoms with E-state index < -0.39 is 5.90 Å². The summed E-state index contributed by atoms with van der Waals surface area (Å²) in [5.41, 5.74) is 1.04. The molecule has 0 aliphatic heterocycles. The van der Waals surface area contributed by atoms with Crippen LogP contribution in [0.4, 0.5) is 0 Å². The molecule has 0 saturated heterocycles. The van der Waals surface area contributed by atoms with Crippen LogP contribution in [0.25, 0.3) is 0 Å². The fraction of sp³-hybridized carbons (Fsp3) is 0.0500. The van der Waals surface area contributed by atoms with Gasteiger partial charge in [-0.05, 0) is 54.4 Å². The second kappa shape index (κ2) is 11.9. The van der Waals surface area contributed by atoms with Gasteiger partial charge in [0.1, 0.15) is 5.75 Å². The van der Waals surface area contributed by atoms with Gasteiger partial charge in [0.2, 0.25) is 0 Å². The topological polar surface area (TPSA) is 104 Å². The van der Waals surface area contributed by atoms with E-state index in [9.17, 15) is 10.2 Å². The van der Waals surface area contributed by atoms with E-state index in [1.165, 1.54) is 30.3 Å². The third kappa shape index (κ3) is 7.52. The van der Waals surface area contributed by atoms with Crippen LogP contribution in [-0.2, 0) is 17.1 Å². The Hall–Kier alpha value is -2.67. The van der Waals surface area contributed by atoms with E-state index in [2.05, 4.69) is 31.1 Å². The first-order valence-electron chi connectivity index (χ1n) is 7.88. The van der Waals surface area contributed by atoms with Gasteiger partial charge in [-0.1, -0.05) is 45.9 Å². The molecule has 1 N–H and O–H groups in total. The zero-order valence-electron chi connectivity index (χ0n) is 14.7. The maximum absolute atomic E-state index is 11.8. The Morgan fingerprint density at radius 3 is 2.18 bits per heavy atom. The number of pyridine rings is 1. The molecule has 3 rings (SSSR count). The van der Waals surface area contributed by atoms with Gasteiger partial charge in [0.25, 0.3) is 0 Å². The van der Waals surface area contributed by atoms with Crippen molar-refractivity contribution in [1.29, 1.82) is 0 Å². The molecule has 1 radical (unpaired) electrons. The van der Waals surface area contributed by atoms with Crippen molar-refractivity contribution in [3.05, 3.63) is 88.7 Å². The molecule has 28 heavy (non-hydrogen) atoms. The van der Waals surface area contributed by atoms with Gasteiger partial charge in [0.15, 0.2) is 0 Å². The fourth-order valence-electron chi connectivity index (χ4n) is 1.93. The molecule has 0 fully saturated rings. The van der Waals surface area contributed by atoms with Crippen LogP contribution in [0.2, 0.25) is 0 Å². The zero-order chi connectivity index (χ0) is 19.6. The number of aromatic nitrogens is 1. The summed E-state index contributed by atoms with van der Waals surface area (Å²) in [5.74, 6) is -0.667. The monoisotopic (exact) mass is 488 g/mol. The first-order valence-corrected chi connectivity index (χ1v) is 8.67. The average Bonchev–Trinajstić information content (AvgIpc) is 2.70. The van der Waals surface area contributed by atoms with Crippen molar-refractivity contribution in [2.24, 2.45) is 10.2 Å². The molecular weight excluding hydrogens is 474 g/mol. The van der Waals surface area contributed by atoms with Crippen LogP contribution in [0.1, 0.15) is 18.1 Å². The molecule has 0 unspecified atom stereocenters. The number of phenols is 1. The molecule has 0 spiro atoms. The van der Waals surface area contributed by atoms with Gasteiger partial charge in [-0.25, -0.2) is 0 Å². The van der Waals surface area contributed by atoms with Crippen LogP contribution in [0.5, 0.6) is 11.5 Å². The molecule has 0 atom stereocenters. The van der Waals surface area contributed by atoms with Crippen LogP contribution in [0.3, 0.4) is 0 Å². The molecule has 1 aromatic heterocycles. The normalized spacial score (nSPS) is 11.1. The molecule has 6 nitrogen and oxygen atoms in total. The number of nitrogens with zero attached hydrogens (tertiary/aromatic N) is 3.